The number of carbonyl (C=O) groups is 2. The lowest BCUT2D eigenvalue weighted by Crippen LogP contribution is -2.36. The number of hydrogen-bond acceptors (Lipinski definition) is 4. The Morgan fingerprint density at radius 2 is 1.87 bits per heavy atom. The van der Waals surface area contributed by atoms with Crippen LogP contribution in [0.25, 0.3) is 0 Å². The minimum atomic E-state index is -0.351. The summed E-state index contributed by atoms with van der Waals surface area (Å²) in [4.78, 5) is 27.9. The number of rotatable bonds is 6. The zero-order chi connectivity index (χ0) is 21.3. The summed E-state index contributed by atoms with van der Waals surface area (Å²) < 4.78 is 10.9. The summed E-state index contributed by atoms with van der Waals surface area (Å²) in [6.45, 7) is 0.778. The molecule has 0 unspecified atom stereocenters. The van der Waals surface area contributed by atoms with Crippen molar-refractivity contribution in [2.24, 2.45) is 5.92 Å². The van der Waals surface area contributed by atoms with Gasteiger partial charge in [0.25, 0.3) is 5.91 Å². The third-order valence-electron chi connectivity index (χ3n) is 5.78. The molecule has 2 aliphatic rings. The predicted molar refractivity (Wildman–Crippen MR) is 114 cm³/mol. The number of likely N-dealkylation sites (tertiary alicyclic amines) is 1. The molecule has 2 aromatic rings. The van der Waals surface area contributed by atoms with Crippen LogP contribution in [-0.2, 0) is 4.79 Å². The molecule has 1 aliphatic heterocycles. The van der Waals surface area contributed by atoms with Gasteiger partial charge in [-0.3, -0.25) is 9.59 Å². The molecule has 1 saturated heterocycles. The Morgan fingerprint density at radius 1 is 1.07 bits per heavy atom. The van der Waals surface area contributed by atoms with Gasteiger partial charge in [-0.15, -0.1) is 0 Å². The van der Waals surface area contributed by atoms with Gasteiger partial charge in [-0.2, -0.15) is 0 Å². The maximum Gasteiger partial charge on any atom is 0.253 e. The summed E-state index contributed by atoms with van der Waals surface area (Å²) in [5.74, 6) is 0.669. The SMILES string of the molecule is COc1ccc([C@H]2CN(C(=O)c3cccc(Cl)c3)C[C@H]2C(=O)NC2CC2)c(OC)c1. The molecule has 2 fully saturated rings. The van der Waals surface area contributed by atoms with Gasteiger partial charge in [0.2, 0.25) is 5.91 Å². The average molecular weight is 429 g/mol. The highest BCUT2D eigenvalue weighted by atomic mass is 35.5. The van der Waals surface area contributed by atoms with Crippen LogP contribution in [0.5, 0.6) is 11.5 Å². The number of nitrogens with one attached hydrogen (secondary N) is 1. The highest BCUT2D eigenvalue weighted by molar-refractivity contribution is 6.30. The fourth-order valence-corrected chi connectivity index (χ4v) is 4.21. The molecule has 2 amide bonds. The van der Waals surface area contributed by atoms with E-state index in [-0.39, 0.29) is 29.7 Å². The predicted octanol–water partition coefficient (Wildman–Crippen LogP) is 3.49. The minimum Gasteiger partial charge on any atom is -0.497 e. The highest BCUT2D eigenvalue weighted by Crippen LogP contribution is 2.40. The summed E-state index contributed by atoms with van der Waals surface area (Å²) in [5.41, 5.74) is 1.42. The molecule has 30 heavy (non-hydrogen) atoms. The Hall–Kier alpha value is -2.73. The molecular weight excluding hydrogens is 404 g/mol. The van der Waals surface area contributed by atoms with E-state index in [1.54, 1.807) is 43.4 Å². The van der Waals surface area contributed by atoms with Crippen molar-refractivity contribution in [3.8, 4) is 11.5 Å². The lowest BCUT2D eigenvalue weighted by molar-refractivity contribution is -0.125. The molecule has 1 aliphatic carbocycles. The van der Waals surface area contributed by atoms with Gasteiger partial charge >= 0.3 is 0 Å². The van der Waals surface area contributed by atoms with E-state index < -0.39 is 0 Å². The van der Waals surface area contributed by atoms with E-state index in [1.807, 2.05) is 18.2 Å². The second kappa shape index (κ2) is 8.56. The Labute approximate surface area is 181 Å². The number of carbonyl (C=O) groups excluding carboxylic acids is 2. The van der Waals surface area contributed by atoms with Gasteiger partial charge in [0.15, 0.2) is 0 Å². The van der Waals surface area contributed by atoms with Gasteiger partial charge in [0.05, 0.1) is 20.1 Å². The zero-order valence-corrected chi connectivity index (χ0v) is 17.8. The van der Waals surface area contributed by atoms with Crippen LogP contribution in [0.3, 0.4) is 0 Å². The highest BCUT2D eigenvalue weighted by Gasteiger charge is 2.43. The first kappa shape index (κ1) is 20.5. The van der Waals surface area contributed by atoms with E-state index >= 15 is 0 Å². The first-order valence-corrected chi connectivity index (χ1v) is 10.4. The van der Waals surface area contributed by atoms with Gasteiger partial charge in [0, 0.05) is 47.3 Å². The molecule has 4 rings (SSSR count). The smallest absolute Gasteiger partial charge is 0.253 e. The third-order valence-corrected chi connectivity index (χ3v) is 6.01. The number of ether oxygens (including phenoxy) is 2. The summed E-state index contributed by atoms with van der Waals surface area (Å²) in [5, 5.41) is 3.61. The van der Waals surface area contributed by atoms with Crippen molar-refractivity contribution >= 4 is 23.4 Å². The zero-order valence-electron chi connectivity index (χ0n) is 17.1. The molecule has 2 aromatic carbocycles. The van der Waals surface area contributed by atoms with Crippen molar-refractivity contribution in [1.29, 1.82) is 0 Å². The molecule has 2 atom stereocenters. The summed E-state index contributed by atoms with van der Waals surface area (Å²) in [6.07, 6.45) is 2.03. The van der Waals surface area contributed by atoms with Crippen molar-refractivity contribution in [1.82, 2.24) is 10.2 Å². The molecule has 1 heterocycles. The monoisotopic (exact) mass is 428 g/mol. The van der Waals surface area contributed by atoms with Gasteiger partial charge in [-0.05, 0) is 37.1 Å². The van der Waals surface area contributed by atoms with E-state index in [4.69, 9.17) is 21.1 Å². The van der Waals surface area contributed by atoms with E-state index in [9.17, 15) is 9.59 Å². The molecule has 0 bridgehead atoms. The molecule has 7 heteroatoms. The van der Waals surface area contributed by atoms with Gasteiger partial charge < -0.3 is 19.7 Å². The second-order valence-electron chi connectivity index (χ2n) is 7.82. The van der Waals surface area contributed by atoms with Crippen LogP contribution in [-0.4, -0.2) is 50.1 Å². The summed E-state index contributed by atoms with van der Waals surface area (Å²) in [6, 6.07) is 12.7. The average Bonchev–Trinajstić information content (AvgIpc) is 3.46. The molecule has 0 spiro atoms. The normalized spacial score (nSPS) is 20.7. The molecule has 1 N–H and O–H groups in total. The Bertz CT molecular complexity index is 960. The number of amides is 2. The van der Waals surface area contributed by atoms with Crippen LogP contribution in [0.15, 0.2) is 42.5 Å². The quantitative estimate of drug-likeness (QED) is 0.764. The number of methoxy groups -OCH3 is 2. The van der Waals surface area contributed by atoms with Gasteiger partial charge in [0.1, 0.15) is 11.5 Å². The number of benzene rings is 2. The Morgan fingerprint density at radius 3 is 2.53 bits per heavy atom. The molecule has 6 nitrogen and oxygen atoms in total. The lowest BCUT2D eigenvalue weighted by atomic mass is 9.87. The summed E-state index contributed by atoms with van der Waals surface area (Å²) >= 11 is 6.07. The van der Waals surface area contributed by atoms with Crippen molar-refractivity contribution in [3.63, 3.8) is 0 Å². The maximum absolute atomic E-state index is 13.1. The molecular formula is C23H25ClN2O4. The Kier molecular flexibility index (Phi) is 5.86. The van der Waals surface area contributed by atoms with E-state index in [0.29, 0.717) is 35.2 Å². The van der Waals surface area contributed by atoms with Crippen LogP contribution in [0.4, 0.5) is 0 Å². The van der Waals surface area contributed by atoms with Crippen molar-refractivity contribution in [2.75, 3.05) is 27.3 Å². The molecule has 1 saturated carbocycles. The summed E-state index contributed by atoms with van der Waals surface area (Å²) in [7, 11) is 3.20. The van der Waals surface area contributed by atoms with Crippen LogP contribution < -0.4 is 14.8 Å². The third kappa shape index (κ3) is 4.24. The fraction of sp³-hybridized carbons (Fsp3) is 0.391. The number of hydrogen-bond donors (Lipinski definition) is 1. The topological polar surface area (TPSA) is 67.9 Å². The Balaban J connectivity index is 1.64. The van der Waals surface area contributed by atoms with Crippen molar-refractivity contribution < 1.29 is 19.1 Å². The van der Waals surface area contributed by atoms with E-state index in [2.05, 4.69) is 5.32 Å². The van der Waals surface area contributed by atoms with Crippen molar-refractivity contribution in [2.45, 2.75) is 24.8 Å². The number of nitrogens with zero attached hydrogens (tertiary/aromatic N) is 1. The van der Waals surface area contributed by atoms with E-state index in [1.165, 1.54) is 0 Å². The molecule has 158 valence electrons. The standard InChI is InChI=1S/C23H25ClN2O4/c1-29-17-8-9-18(21(11-17)30-2)19-12-26(13-20(19)22(27)25-16-6-7-16)23(28)14-4-3-5-15(24)10-14/h3-5,8-11,16,19-20H,6-7,12-13H2,1-2H3,(H,25,27)/t19-,20-/m1/s1. The first-order chi connectivity index (χ1) is 14.5. The van der Waals surface area contributed by atoms with Crippen molar-refractivity contribution in [3.05, 3.63) is 58.6 Å². The van der Waals surface area contributed by atoms with Gasteiger partial charge in [-0.25, -0.2) is 0 Å². The van der Waals surface area contributed by atoms with Crippen LogP contribution in [0.1, 0.15) is 34.7 Å². The van der Waals surface area contributed by atoms with Gasteiger partial charge in [-0.1, -0.05) is 23.7 Å². The molecule has 0 radical (unpaired) electrons. The van der Waals surface area contributed by atoms with Crippen LogP contribution in [0, 0.1) is 5.92 Å². The minimum absolute atomic E-state index is 0.0123. The largest absolute Gasteiger partial charge is 0.497 e. The maximum atomic E-state index is 13.1. The fourth-order valence-electron chi connectivity index (χ4n) is 4.02. The lowest BCUT2D eigenvalue weighted by Gasteiger charge is -2.21. The van der Waals surface area contributed by atoms with Crippen LogP contribution >= 0.6 is 11.6 Å². The van der Waals surface area contributed by atoms with Crippen LogP contribution in [0.2, 0.25) is 5.02 Å². The van der Waals surface area contributed by atoms with E-state index in [0.717, 1.165) is 18.4 Å². The molecule has 0 aromatic heterocycles. The first-order valence-electron chi connectivity index (χ1n) is 10.1. The second-order valence-corrected chi connectivity index (χ2v) is 8.26. The number of halogens is 1.